The summed E-state index contributed by atoms with van der Waals surface area (Å²) in [6.45, 7) is 3.19. The number of nitrogens with zero attached hydrogens (tertiary/aromatic N) is 1. The van der Waals surface area contributed by atoms with E-state index in [0.717, 1.165) is 5.56 Å². The molecule has 0 atom stereocenters. The summed E-state index contributed by atoms with van der Waals surface area (Å²) in [6, 6.07) is 24.5. The van der Waals surface area contributed by atoms with Crippen molar-refractivity contribution in [3.63, 3.8) is 0 Å². The van der Waals surface area contributed by atoms with Gasteiger partial charge in [-0.1, -0.05) is 35.9 Å². The first-order valence-electron chi connectivity index (χ1n) is 12.7. The molecule has 10 heteroatoms. The summed E-state index contributed by atoms with van der Waals surface area (Å²) in [7, 11) is 1.39. The van der Waals surface area contributed by atoms with Gasteiger partial charge in [0.15, 0.2) is 11.5 Å². The Morgan fingerprint density at radius 2 is 1.43 bits per heavy atom. The normalized spacial score (nSPS) is 10.5. The van der Waals surface area contributed by atoms with Gasteiger partial charge in [0.25, 0.3) is 11.8 Å². The molecular weight excluding hydrogens is 538 g/mol. The van der Waals surface area contributed by atoms with E-state index in [-0.39, 0.29) is 28.4 Å². The zero-order valence-electron chi connectivity index (χ0n) is 23.0. The Morgan fingerprint density at radius 1 is 0.714 bits per heavy atom. The van der Waals surface area contributed by atoms with Crippen LogP contribution >= 0.6 is 0 Å². The smallest absolute Gasteiger partial charge is 0.343 e. The molecule has 0 radical (unpaired) electrons. The van der Waals surface area contributed by atoms with Crippen molar-refractivity contribution in [2.24, 2.45) is 5.10 Å². The molecule has 0 saturated carbocycles. The largest absolute Gasteiger partial charge is 0.493 e. The summed E-state index contributed by atoms with van der Waals surface area (Å²) in [6.07, 6.45) is 1.37. The van der Waals surface area contributed by atoms with E-state index in [1.54, 1.807) is 54.6 Å². The van der Waals surface area contributed by atoms with Crippen LogP contribution in [0.4, 0.5) is 5.69 Å². The van der Waals surface area contributed by atoms with Crippen molar-refractivity contribution < 1.29 is 33.4 Å². The third-order valence-electron chi connectivity index (χ3n) is 5.84. The highest BCUT2D eigenvalue weighted by Crippen LogP contribution is 2.28. The van der Waals surface area contributed by atoms with Crippen molar-refractivity contribution in [1.29, 1.82) is 0 Å². The summed E-state index contributed by atoms with van der Waals surface area (Å²) in [5, 5.41) is 6.72. The number of nitrogens with one attached hydrogen (secondary N) is 2. The number of rotatable bonds is 9. The maximum atomic E-state index is 12.8. The number of aryl methyl sites for hydroxylation is 1. The fourth-order valence-electron chi connectivity index (χ4n) is 3.74. The van der Waals surface area contributed by atoms with Gasteiger partial charge in [-0.25, -0.2) is 10.2 Å². The average Bonchev–Trinajstić information content (AvgIpc) is 2.98. The van der Waals surface area contributed by atoms with Crippen molar-refractivity contribution in [1.82, 2.24) is 5.43 Å². The van der Waals surface area contributed by atoms with E-state index in [2.05, 4.69) is 15.8 Å². The zero-order valence-corrected chi connectivity index (χ0v) is 23.0. The number of carbonyl (C=O) groups excluding carboxylic acids is 4. The molecule has 10 nitrogen and oxygen atoms in total. The molecule has 2 N–H and O–H groups in total. The van der Waals surface area contributed by atoms with E-state index < -0.39 is 23.8 Å². The molecule has 4 rings (SSSR count). The van der Waals surface area contributed by atoms with Gasteiger partial charge in [0.2, 0.25) is 0 Å². The van der Waals surface area contributed by atoms with Gasteiger partial charge in [0.05, 0.1) is 18.9 Å². The fourth-order valence-corrected chi connectivity index (χ4v) is 3.74. The van der Waals surface area contributed by atoms with Gasteiger partial charge in [-0.3, -0.25) is 14.4 Å². The lowest BCUT2D eigenvalue weighted by atomic mass is 10.1. The van der Waals surface area contributed by atoms with E-state index in [4.69, 9.17) is 14.2 Å². The number of amides is 2. The van der Waals surface area contributed by atoms with Gasteiger partial charge in [0.1, 0.15) is 5.75 Å². The maximum Gasteiger partial charge on any atom is 0.343 e. The van der Waals surface area contributed by atoms with Crippen molar-refractivity contribution in [2.45, 2.75) is 13.8 Å². The minimum absolute atomic E-state index is 0.188. The van der Waals surface area contributed by atoms with Crippen LogP contribution < -0.4 is 25.0 Å². The molecule has 4 aromatic carbocycles. The number of methoxy groups -OCH3 is 1. The maximum absolute atomic E-state index is 12.8. The van der Waals surface area contributed by atoms with Gasteiger partial charge in [0, 0.05) is 29.3 Å². The predicted molar refractivity (Wildman–Crippen MR) is 156 cm³/mol. The molecule has 0 aromatic heterocycles. The second-order valence-corrected chi connectivity index (χ2v) is 8.99. The van der Waals surface area contributed by atoms with Crippen LogP contribution in [0.1, 0.15) is 49.1 Å². The Hall–Kier alpha value is -5.77. The van der Waals surface area contributed by atoms with Gasteiger partial charge in [-0.15, -0.1) is 0 Å². The molecule has 2 amide bonds. The first-order valence-corrected chi connectivity index (χ1v) is 12.7. The molecule has 0 fully saturated rings. The monoisotopic (exact) mass is 565 g/mol. The highest BCUT2D eigenvalue weighted by Gasteiger charge is 2.14. The number of esters is 2. The number of hydrazone groups is 1. The molecule has 0 unspecified atom stereocenters. The van der Waals surface area contributed by atoms with Crippen LogP contribution in [0, 0.1) is 6.92 Å². The Labute approximate surface area is 241 Å². The van der Waals surface area contributed by atoms with E-state index in [1.165, 1.54) is 44.5 Å². The third-order valence-corrected chi connectivity index (χ3v) is 5.84. The van der Waals surface area contributed by atoms with Crippen LogP contribution in [-0.2, 0) is 4.79 Å². The molecule has 0 aliphatic carbocycles. The molecule has 0 heterocycles. The quantitative estimate of drug-likeness (QED) is 0.124. The van der Waals surface area contributed by atoms with E-state index >= 15 is 0 Å². The van der Waals surface area contributed by atoms with Gasteiger partial charge in [-0.2, -0.15) is 5.10 Å². The Morgan fingerprint density at radius 3 is 2.17 bits per heavy atom. The number of carbonyl (C=O) groups is 4. The topological polar surface area (TPSA) is 132 Å². The molecule has 0 bridgehead atoms. The van der Waals surface area contributed by atoms with Gasteiger partial charge < -0.3 is 19.5 Å². The number of ether oxygens (including phenoxy) is 3. The second kappa shape index (κ2) is 13.5. The van der Waals surface area contributed by atoms with Gasteiger partial charge >= 0.3 is 11.9 Å². The lowest BCUT2D eigenvalue weighted by Gasteiger charge is -2.11. The second-order valence-electron chi connectivity index (χ2n) is 8.99. The molecule has 4 aromatic rings. The van der Waals surface area contributed by atoms with Crippen LogP contribution in [0.2, 0.25) is 0 Å². The van der Waals surface area contributed by atoms with E-state index in [9.17, 15) is 19.2 Å². The Bertz CT molecular complexity index is 1660. The Kier molecular flexibility index (Phi) is 9.41. The number of hydrogen-bond acceptors (Lipinski definition) is 8. The fraction of sp³-hybridized carbons (Fsp3) is 0.0938. The van der Waals surface area contributed by atoms with Crippen LogP contribution in [0.25, 0.3) is 0 Å². The van der Waals surface area contributed by atoms with Crippen LogP contribution in [-0.4, -0.2) is 37.1 Å². The zero-order chi connectivity index (χ0) is 30.1. The lowest BCUT2D eigenvalue weighted by Crippen LogP contribution is -2.18. The number of anilines is 1. The average molecular weight is 566 g/mol. The molecule has 212 valence electrons. The first kappa shape index (κ1) is 29.2. The number of para-hydroxylation sites is 1. The van der Waals surface area contributed by atoms with Crippen molar-refractivity contribution in [3.8, 4) is 17.2 Å². The predicted octanol–water partition coefficient (Wildman–Crippen LogP) is 5.16. The summed E-state index contributed by atoms with van der Waals surface area (Å²) in [4.78, 5) is 49.4. The van der Waals surface area contributed by atoms with Crippen LogP contribution in [0.3, 0.4) is 0 Å². The molecule has 0 aliphatic rings. The summed E-state index contributed by atoms with van der Waals surface area (Å²) in [5.74, 6) is -1.33. The summed E-state index contributed by atoms with van der Waals surface area (Å²) in [5.41, 5.74) is 5.21. The van der Waals surface area contributed by atoms with Crippen molar-refractivity contribution in [3.05, 3.63) is 119 Å². The van der Waals surface area contributed by atoms with Crippen LogP contribution in [0.15, 0.2) is 96.1 Å². The molecular formula is C32H27N3O7. The van der Waals surface area contributed by atoms with Crippen LogP contribution in [0.5, 0.6) is 17.2 Å². The molecule has 42 heavy (non-hydrogen) atoms. The SMILES string of the molecule is COc1cc(C(=O)Nc2cccc(C(=O)NN=Cc3ccccc3OC(=O)c3ccc(C)cc3)c2)ccc1OC(C)=O. The highest BCUT2D eigenvalue weighted by atomic mass is 16.6. The summed E-state index contributed by atoms with van der Waals surface area (Å²) >= 11 is 0. The van der Waals surface area contributed by atoms with Crippen molar-refractivity contribution >= 4 is 35.7 Å². The molecule has 0 aliphatic heterocycles. The number of hydrogen-bond donors (Lipinski definition) is 2. The highest BCUT2D eigenvalue weighted by molar-refractivity contribution is 6.05. The minimum Gasteiger partial charge on any atom is -0.493 e. The van der Waals surface area contributed by atoms with E-state index in [0.29, 0.717) is 16.8 Å². The number of benzene rings is 4. The molecule has 0 saturated heterocycles. The van der Waals surface area contributed by atoms with Crippen molar-refractivity contribution in [2.75, 3.05) is 12.4 Å². The lowest BCUT2D eigenvalue weighted by molar-refractivity contribution is -0.132. The summed E-state index contributed by atoms with van der Waals surface area (Å²) < 4.78 is 15.8. The first-order chi connectivity index (χ1) is 20.2. The van der Waals surface area contributed by atoms with Gasteiger partial charge in [-0.05, 0) is 67.6 Å². The van der Waals surface area contributed by atoms with E-state index in [1.807, 2.05) is 19.1 Å². The minimum atomic E-state index is -0.524. The molecule has 0 spiro atoms. The standard InChI is InChI=1S/C32H27N3O7/c1-20-11-13-22(14-12-20)32(39)42-27-10-5-4-7-25(27)19-33-35-31(38)23-8-6-9-26(17-23)34-30(37)24-15-16-28(41-21(2)36)29(18-24)40-3/h4-19H,1-3H3,(H,34,37)(H,35,38). The Balaban J connectivity index is 1.40. The third kappa shape index (κ3) is 7.66.